The molecule has 0 radical (unpaired) electrons. The van der Waals surface area contributed by atoms with Gasteiger partial charge in [-0.3, -0.25) is 4.79 Å². The molecular formula is C34H40O5. The van der Waals surface area contributed by atoms with Crippen molar-refractivity contribution in [3.8, 4) is 22.6 Å². The molecular weight excluding hydrogens is 488 g/mol. The summed E-state index contributed by atoms with van der Waals surface area (Å²) < 4.78 is 12.2. The van der Waals surface area contributed by atoms with Crippen LogP contribution >= 0.6 is 0 Å². The maximum Gasteiger partial charge on any atom is 0.303 e. The fraction of sp³-hybridized carbons (Fsp3) is 0.441. The highest BCUT2D eigenvalue weighted by molar-refractivity contribution is 5.75. The molecule has 5 heteroatoms. The number of rotatable bonds is 10. The number of benzene rings is 3. The molecule has 0 heterocycles. The molecule has 0 aromatic heterocycles. The molecule has 0 bridgehead atoms. The Kier molecular flexibility index (Phi) is 7.23. The molecule has 1 atom stereocenters. The Labute approximate surface area is 231 Å². The van der Waals surface area contributed by atoms with E-state index >= 15 is 0 Å². The van der Waals surface area contributed by atoms with Crippen molar-refractivity contribution in [3.05, 3.63) is 81.9 Å². The summed E-state index contributed by atoms with van der Waals surface area (Å²) in [4.78, 5) is 11.5. The molecule has 39 heavy (non-hydrogen) atoms. The highest BCUT2D eigenvalue weighted by atomic mass is 16.5. The van der Waals surface area contributed by atoms with E-state index in [9.17, 15) is 15.0 Å². The van der Waals surface area contributed by atoms with Crippen LogP contribution in [0.1, 0.15) is 78.8 Å². The molecule has 2 N–H and O–H groups in total. The van der Waals surface area contributed by atoms with Gasteiger partial charge in [0.15, 0.2) is 0 Å². The third-order valence-corrected chi connectivity index (χ3v) is 8.64. The number of aryl methyl sites for hydroxylation is 2. The van der Waals surface area contributed by atoms with Crippen LogP contribution in [0.4, 0.5) is 0 Å². The highest BCUT2D eigenvalue weighted by Crippen LogP contribution is 2.64. The van der Waals surface area contributed by atoms with Crippen molar-refractivity contribution in [1.82, 2.24) is 0 Å². The zero-order valence-electron chi connectivity index (χ0n) is 23.8. The van der Waals surface area contributed by atoms with E-state index in [1.54, 1.807) is 13.8 Å². The first-order valence-corrected chi connectivity index (χ1v) is 14.0. The van der Waals surface area contributed by atoms with Crippen LogP contribution in [0.25, 0.3) is 11.1 Å². The second-order valence-corrected chi connectivity index (χ2v) is 12.3. The lowest BCUT2D eigenvalue weighted by Crippen LogP contribution is -2.21. The van der Waals surface area contributed by atoms with E-state index in [1.165, 1.54) is 27.8 Å². The van der Waals surface area contributed by atoms with Crippen molar-refractivity contribution in [1.29, 1.82) is 0 Å². The Bertz CT molecular complexity index is 1370. The number of aliphatic hydroxyl groups is 1. The maximum atomic E-state index is 11.5. The summed E-state index contributed by atoms with van der Waals surface area (Å²) in [6.07, 6.45) is 3.99. The second kappa shape index (κ2) is 10.3. The minimum Gasteiger partial charge on any atom is -0.493 e. The third-order valence-electron chi connectivity index (χ3n) is 8.64. The Hall–Kier alpha value is -3.31. The Morgan fingerprint density at radius 2 is 1.72 bits per heavy atom. The van der Waals surface area contributed by atoms with E-state index in [-0.39, 0.29) is 17.8 Å². The molecule has 2 aliphatic rings. The number of hydrogen-bond donors (Lipinski definition) is 2. The number of carboxylic acids is 1. The van der Waals surface area contributed by atoms with E-state index in [0.29, 0.717) is 19.6 Å². The van der Waals surface area contributed by atoms with Crippen molar-refractivity contribution < 1.29 is 24.5 Å². The predicted octanol–water partition coefficient (Wildman–Crippen LogP) is 7.29. The molecule has 1 spiro atoms. The van der Waals surface area contributed by atoms with E-state index in [4.69, 9.17) is 9.47 Å². The molecule has 1 fully saturated rings. The normalized spacial score (nSPS) is 17.2. The summed E-state index contributed by atoms with van der Waals surface area (Å²) in [5.41, 5.74) is 8.89. The summed E-state index contributed by atoms with van der Waals surface area (Å²) >= 11 is 0. The van der Waals surface area contributed by atoms with Crippen LogP contribution in [-0.2, 0) is 17.8 Å². The second-order valence-electron chi connectivity index (χ2n) is 12.3. The van der Waals surface area contributed by atoms with Gasteiger partial charge in [0.25, 0.3) is 0 Å². The van der Waals surface area contributed by atoms with Gasteiger partial charge in [0, 0.05) is 12.3 Å². The fourth-order valence-corrected chi connectivity index (χ4v) is 6.31. The van der Waals surface area contributed by atoms with Crippen molar-refractivity contribution in [2.24, 2.45) is 5.41 Å². The topological polar surface area (TPSA) is 76.0 Å². The molecule has 0 saturated heterocycles. The zero-order chi connectivity index (χ0) is 27.9. The van der Waals surface area contributed by atoms with Crippen molar-refractivity contribution in [2.45, 2.75) is 84.8 Å². The Balaban J connectivity index is 1.31. The molecule has 206 valence electrons. The standard InChI is InChI=1S/C34H40O5/c1-21-15-27(38-14-13-33(4,5)37)16-22(2)32(21)28-8-6-7-24(23(28)3)20-39-26-9-10-29-25(17-26)19-34(11-12-34)30(29)18-31(35)36/h6-10,15-17,30,37H,11-14,18-20H2,1-5H3,(H,35,36). The summed E-state index contributed by atoms with van der Waals surface area (Å²) in [6.45, 7) is 10.9. The van der Waals surface area contributed by atoms with Crippen LogP contribution in [0.3, 0.4) is 0 Å². The van der Waals surface area contributed by atoms with Gasteiger partial charge in [0.2, 0.25) is 0 Å². The quantitative estimate of drug-likeness (QED) is 0.289. The molecule has 2 aliphatic carbocycles. The first-order chi connectivity index (χ1) is 18.5. The van der Waals surface area contributed by atoms with Gasteiger partial charge in [-0.2, -0.15) is 0 Å². The number of aliphatic carboxylic acids is 1. The minimum atomic E-state index is -0.744. The SMILES string of the molecule is Cc1cc(OCCC(C)(C)O)cc(C)c1-c1cccc(COc2ccc3c(c2)CC2(CC2)C3CC(=O)O)c1C. The molecule has 3 aromatic carbocycles. The Morgan fingerprint density at radius 1 is 1.00 bits per heavy atom. The van der Waals surface area contributed by atoms with Crippen LogP contribution in [-0.4, -0.2) is 28.4 Å². The van der Waals surface area contributed by atoms with Crippen LogP contribution in [0.2, 0.25) is 0 Å². The number of fused-ring (bicyclic) bond motifs is 1. The summed E-state index contributed by atoms with van der Waals surface area (Å²) in [5.74, 6) is 1.08. The van der Waals surface area contributed by atoms with Crippen molar-refractivity contribution in [2.75, 3.05) is 6.61 Å². The maximum absolute atomic E-state index is 11.5. The molecule has 1 unspecified atom stereocenters. The predicted molar refractivity (Wildman–Crippen MR) is 154 cm³/mol. The minimum absolute atomic E-state index is 0.128. The smallest absolute Gasteiger partial charge is 0.303 e. The third kappa shape index (κ3) is 5.84. The van der Waals surface area contributed by atoms with E-state index in [1.807, 2.05) is 6.07 Å². The van der Waals surface area contributed by atoms with Gasteiger partial charge in [0.05, 0.1) is 18.6 Å². The lowest BCUT2D eigenvalue weighted by atomic mass is 9.87. The van der Waals surface area contributed by atoms with Gasteiger partial charge in [-0.25, -0.2) is 0 Å². The molecule has 1 saturated carbocycles. The van der Waals surface area contributed by atoms with Crippen LogP contribution < -0.4 is 9.47 Å². The van der Waals surface area contributed by atoms with E-state index in [0.717, 1.165) is 47.5 Å². The molecule has 5 rings (SSSR count). The molecule has 0 aliphatic heterocycles. The zero-order valence-corrected chi connectivity index (χ0v) is 23.8. The van der Waals surface area contributed by atoms with Crippen LogP contribution in [0.15, 0.2) is 48.5 Å². The summed E-state index contributed by atoms with van der Waals surface area (Å²) in [5, 5.41) is 19.4. The molecule has 3 aromatic rings. The van der Waals surface area contributed by atoms with Crippen LogP contribution in [0, 0.1) is 26.2 Å². The number of ether oxygens (including phenoxy) is 2. The van der Waals surface area contributed by atoms with Crippen molar-refractivity contribution >= 4 is 5.97 Å². The lowest BCUT2D eigenvalue weighted by molar-refractivity contribution is -0.137. The van der Waals surface area contributed by atoms with Gasteiger partial charge < -0.3 is 19.7 Å². The van der Waals surface area contributed by atoms with Gasteiger partial charge in [-0.1, -0.05) is 24.3 Å². The highest BCUT2D eigenvalue weighted by Gasteiger charge is 2.54. The van der Waals surface area contributed by atoms with Gasteiger partial charge >= 0.3 is 5.97 Å². The summed E-state index contributed by atoms with van der Waals surface area (Å²) in [7, 11) is 0. The molecule has 5 nitrogen and oxygen atoms in total. The van der Waals surface area contributed by atoms with Gasteiger partial charge in [-0.05, 0) is 128 Å². The first kappa shape index (κ1) is 27.3. The largest absolute Gasteiger partial charge is 0.493 e. The van der Waals surface area contributed by atoms with Crippen LogP contribution in [0.5, 0.6) is 11.5 Å². The van der Waals surface area contributed by atoms with E-state index in [2.05, 4.69) is 63.2 Å². The average Bonchev–Trinajstić information content (AvgIpc) is 3.55. The number of hydrogen-bond acceptors (Lipinski definition) is 4. The number of carboxylic acid groups (broad SMARTS) is 1. The molecule has 0 amide bonds. The lowest BCUT2D eigenvalue weighted by Gasteiger charge is -2.19. The Morgan fingerprint density at radius 3 is 2.36 bits per heavy atom. The van der Waals surface area contributed by atoms with Gasteiger partial charge in [0.1, 0.15) is 18.1 Å². The van der Waals surface area contributed by atoms with Crippen molar-refractivity contribution in [3.63, 3.8) is 0 Å². The summed E-state index contributed by atoms with van der Waals surface area (Å²) in [6, 6.07) is 16.7. The van der Waals surface area contributed by atoms with E-state index < -0.39 is 11.6 Å². The first-order valence-electron chi connectivity index (χ1n) is 14.0. The number of carbonyl (C=O) groups is 1. The fourth-order valence-electron chi connectivity index (χ4n) is 6.31. The monoisotopic (exact) mass is 528 g/mol. The average molecular weight is 529 g/mol. The van der Waals surface area contributed by atoms with Gasteiger partial charge in [-0.15, -0.1) is 0 Å².